The Morgan fingerprint density at radius 2 is 2.06 bits per heavy atom. The molecule has 0 aliphatic rings. The van der Waals surface area contributed by atoms with Crippen LogP contribution in [0.25, 0.3) is 0 Å². The minimum absolute atomic E-state index is 0.418. The van der Waals surface area contributed by atoms with Crippen LogP contribution in [-0.4, -0.2) is 17.1 Å². The highest BCUT2D eigenvalue weighted by Crippen LogP contribution is 2.15. The van der Waals surface area contributed by atoms with E-state index in [1.54, 1.807) is 6.07 Å². The maximum atomic E-state index is 5.71. The molecule has 17 heavy (non-hydrogen) atoms. The summed E-state index contributed by atoms with van der Waals surface area (Å²) in [6.45, 7) is 3.44. The van der Waals surface area contributed by atoms with Gasteiger partial charge < -0.3 is 8.94 Å². The van der Waals surface area contributed by atoms with Gasteiger partial charge in [-0.2, -0.15) is 0 Å². The molecule has 0 fully saturated rings. The van der Waals surface area contributed by atoms with E-state index in [9.17, 15) is 0 Å². The fourth-order valence-corrected chi connectivity index (χ4v) is 1.78. The maximum absolute atomic E-state index is 5.71. The molecule has 2 aromatic heterocycles. The average molecular weight is 255 g/mol. The van der Waals surface area contributed by atoms with Crippen LogP contribution in [0.3, 0.4) is 0 Å². The summed E-state index contributed by atoms with van der Waals surface area (Å²) in [6, 6.07) is 5.59. The summed E-state index contributed by atoms with van der Waals surface area (Å²) >= 11 is 5.71. The lowest BCUT2D eigenvalue weighted by Gasteiger charge is -2.12. The SMILES string of the molecule is CCc1cc(CN(C)Cc2ccc(Cl)o2)on1. The van der Waals surface area contributed by atoms with Crippen molar-refractivity contribution in [3.8, 4) is 0 Å². The van der Waals surface area contributed by atoms with E-state index in [4.69, 9.17) is 20.5 Å². The molecule has 0 aliphatic carbocycles. The van der Waals surface area contributed by atoms with E-state index < -0.39 is 0 Å². The van der Waals surface area contributed by atoms with Gasteiger partial charge in [-0.05, 0) is 37.2 Å². The Morgan fingerprint density at radius 1 is 1.29 bits per heavy atom. The van der Waals surface area contributed by atoms with Crippen LogP contribution in [0, 0.1) is 0 Å². The molecule has 2 heterocycles. The van der Waals surface area contributed by atoms with Crippen LogP contribution in [0.2, 0.25) is 5.22 Å². The Balaban J connectivity index is 1.90. The molecule has 0 bridgehead atoms. The van der Waals surface area contributed by atoms with E-state index in [0.29, 0.717) is 18.3 Å². The lowest BCUT2D eigenvalue weighted by atomic mass is 10.3. The van der Waals surface area contributed by atoms with Gasteiger partial charge in [-0.1, -0.05) is 12.1 Å². The van der Waals surface area contributed by atoms with Crippen molar-refractivity contribution in [1.29, 1.82) is 0 Å². The van der Waals surface area contributed by atoms with Crippen LogP contribution < -0.4 is 0 Å². The number of rotatable bonds is 5. The smallest absolute Gasteiger partial charge is 0.193 e. The zero-order chi connectivity index (χ0) is 12.3. The molecule has 0 saturated carbocycles. The fraction of sp³-hybridized carbons (Fsp3) is 0.417. The molecule has 0 aromatic carbocycles. The van der Waals surface area contributed by atoms with Gasteiger partial charge in [0, 0.05) is 6.07 Å². The Morgan fingerprint density at radius 3 is 2.65 bits per heavy atom. The number of furan rings is 1. The standard InChI is InChI=1S/C12H15ClN2O2/c1-3-9-6-11(17-14-9)8-15(2)7-10-4-5-12(13)16-10/h4-6H,3,7-8H2,1-2H3. The second-order valence-corrected chi connectivity index (χ2v) is 4.39. The first kappa shape index (κ1) is 12.2. The number of aromatic nitrogens is 1. The Hall–Kier alpha value is -1.26. The monoisotopic (exact) mass is 254 g/mol. The molecule has 5 heteroatoms. The first-order valence-corrected chi connectivity index (χ1v) is 5.92. The lowest BCUT2D eigenvalue weighted by Crippen LogP contribution is -2.16. The summed E-state index contributed by atoms with van der Waals surface area (Å²) < 4.78 is 10.5. The second-order valence-electron chi connectivity index (χ2n) is 4.02. The normalized spacial score (nSPS) is 11.3. The molecule has 0 amide bonds. The predicted octanol–water partition coefficient (Wildman–Crippen LogP) is 3.12. The van der Waals surface area contributed by atoms with Crippen LogP contribution in [0.4, 0.5) is 0 Å². The number of hydrogen-bond acceptors (Lipinski definition) is 4. The summed E-state index contributed by atoms with van der Waals surface area (Å²) in [6.07, 6.45) is 0.890. The third-order valence-electron chi connectivity index (χ3n) is 2.45. The molecule has 0 N–H and O–H groups in total. The van der Waals surface area contributed by atoms with E-state index >= 15 is 0 Å². The molecular formula is C12H15ClN2O2. The number of hydrogen-bond donors (Lipinski definition) is 0. The lowest BCUT2D eigenvalue weighted by molar-refractivity contribution is 0.249. The minimum Gasteiger partial charge on any atom is -0.448 e. The van der Waals surface area contributed by atoms with Crippen LogP contribution in [0.5, 0.6) is 0 Å². The van der Waals surface area contributed by atoms with Crippen LogP contribution in [0.1, 0.15) is 24.1 Å². The number of nitrogens with zero attached hydrogens (tertiary/aromatic N) is 2. The van der Waals surface area contributed by atoms with Gasteiger partial charge in [0.1, 0.15) is 5.76 Å². The summed E-state index contributed by atoms with van der Waals surface area (Å²) in [7, 11) is 1.99. The highest BCUT2D eigenvalue weighted by Gasteiger charge is 2.08. The average Bonchev–Trinajstić information content (AvgIpc) is 2.88. The molecule has 0 unspecified atom stereocenters. The molecule has 0 spiro atoms. The van der Waals surface area contributed by atoms with Gasteiger partial charge in [0.25, 0.3) is 0 Å². The van der Waals surface area contributed by atoms with Gasteiger partial charge in [0.15, 0.2) is 11.0 Å². The summed E-state index contributed by atoms with van der Waals surface area (Å²) in [5, 5.41) is 4.37. The molecule has 2 aromatic rings. The first-order chi connectivity index (χ1) is 8.17. The van der Waals surface area contributed by atoms with Crippen molar-refractivity contribution in [2.45, 2.75) is 26.4 Å². The molecule has 0 atom stereocenters. The predicted molar refractivity (Wildman–Crippen MR) is 64.8 cm³/mol. The van der Waals surface area contributed by atoms with Gasteiger partial charge >= 0.3 is 0 Å². The molecule has 0 aliphatic heterocycles. The Bertz CT molecular complexity index is 478. The second kappa shape index (κ2) is 5.38. The summed E-state index contributed by atoms with van der Waals surface area (Å²) in [4.78, 5) is 2.08. The highest BCUT2D eigenvalue weighted by molar-refractivity contribution is 6.28. The van der Waals surface area contributed by atoms with Gasteiger partial charge in [-0.3, -0.25) is 4.90 Å². The molecule has 92 valence electrons. The van der Waals surface area contributed by atoms with Crippen molar-refractivity contribution in [2.75, 3.05) is 7.05 Å². The molecular weight excluding hydrogens is 240 g/mol. The van der Waals surface area contributed by atoms with Gasteiger partial charge in [0.2, 0.25) is 0 Å². The minimum atomic E-state index is 0.418. The van der Waals surface area contributed by atoms with Crippen molar-refractivity contribution in [2.24, 2.45) is 0 Å². The van der Waals surface area contributed by atoms with E-state index in [2.05, 4.69) is 17.0 Å². The van der Waals surface area contributed by atoms with Crippen LogP contribution in [0.15, 0.2) is 27.1 Å². The summed E-state index contributed by atoms with van der Waals surface area (Å²) in [5.41, 5.74) is 0.981. The molecule has 0 radical (unpaired) electrons. The van der Waals surface area contributed by atoms with Gasteiger partial charge in [0.05, 0.1) is 18.8 Å². The number of halogens is 1. The quantitative estimate of drug-likeness (QED) is 0.822. The molecule has 2 rings (SSSR count). The third kappa shape index (κ3) is 3.35. The van der Waals surface area contributed by atoms with Crippen molar-refractivity contribution in [1.82, 2.24) is 10.1 Å². The Kier molecular flexibility index (Phi) is 3.86. The fourth-order valence-electron chi connectivity index (χ4n) is 1.62. The highest BCUT2D eigenvalue weighted by atomic mass is 35.5. The first-order valence-electron chi connectivity index (χ1n) is 5.54. The molecule has 4 nitrogen and oxygen atoms in total. The van der Waals surface area contributed by atoms with Gasteiger partial charge in [-0.25, -0.2) is 0 Å². The van der Waals surface area contributed by atoms with E-state index in [1.165, 1.54) is 0 Å². The zero-order valence-corrected chi connectivity index (χ0v) is 10.7. The molecule has 0 saturated heterocycles. The van der Waals surface area contributed by atoms with Crippen molar-refractivity contribution in [3.63, 3.8) is 0 Å². The Labute approximate surface area is 105 Å². The van der Waals surface area contributed by atoms with E-state index in [0.717, 1.165) is 23.6 Å². The van der Waals surface area contributed by atoms with Crippen LogP contribution >= 0.6 is 11.6 Å². The number of aryl methyl sites for hydroxylation is 1. The maximum Gasteiger partial charge on any atom is 0.193 e. The summed E-state index contributed by atoms with van der Waals surface area (Å²) in [5.74, 6) is 1.70. The third-order valence-corrected chi connectivity index (χ3v) is 2.65. The van der Waals surface area contributed by atoms with Gasteiger partial charge in [-0.15, -0.1) is 0 Å². The van der Waals surface area contributed by atoms with E-state index in [1.807, 2.05) is 19.2 Å². The zero-order valence-electron chi connectivity index (χ0n) is 9.94. The van der Waals surface area contributed by atoms with Crippen LogP contribution in [-0.2, 0) is 19.5 Å². The van der Waals surface area contributed by atoms with Crippen molar-refractivity contribution in [3.05, 3.63) is 40.6 Å². The van der Waals surface area contributed by atoms with Crippen molar-refractivity contribution >= 4 is 11.6 Å². The van der Waals surface area contributed by atoms with Crippen molar-refractivity contribution < 1.29 is 8.94 Å². The van der Waals surface area contributed by atoms with E-state index in [-0.39, 0.29) is 0 Å². The topological polar surface area (TPSA) is 42.4 Å². The largest absolute Gasteiger partial charge is 0.448 e.